The highest BCUT2D eigenvalue weighted by atomic mass is 19.3. The first-order chi connectivity index (χ1) is 12.8. The molecular weight excluding hydrogens is 364 g/mol. The van der Waals surface area contributed by atoms with Gasteiger partial charge in [-0.05, 0) is 37.3 Å². The number of anilines is 1. The summed E-state index contributed by atoms with van der Waals surface area (Å²) in [6.07, 6.45) is -3.73. The Hall–Kier alpha value is -3.36. The van der Waals surface area contributed by atoms with Crippen LogP contribution < -0.4 is 24.3 Å². The fraction of sp³-hybridized carbons (Fsp3) is 0.222. The monoisotopic (exact) mass is 379 g/mol. The van der Waals surface area contributed by atoms with E-state index in [0.717, 1.165) is 0 Å². The number of benzene rings is 2. The van der Waals surface area contributed by atoms with Crippen LogP contribution in [0.2, 0.25) is 0 Å². The molecule has 7 nitrogen and oxygen atoms in total. The molecule has 0 unspecified atom stereocenters. The molecule has 2 aromatic rings. The topological polar surface area (TPSA) is 83.1 Å². The van der Waals surface area contributed by atoms with Crippen LogP contribution in [0.15, 0.2) is 36.4 Å². The smallest absolute Gasteiger partial charge is 0.493 e. The second kappa shape index (κ2) is 7.10. The molecule has 9 heteroatoms. The number of hydrogen-bond donors (Lipinski definition) is 1. The summed E-state index contributed by atoms with van der Waals surface area (Å²) in [5.74, 6) is -0.377. The van der Waals surface area contributed by atoms with Crippen molar-refractivity contribution in [2.45, 2.75) is 13.2 Å². The maximum absolute atomic E-state index is 13.0. The first kappa shape index (κ1) is 18.4. The molecule has 3 rings (SSSR count). The van der Waals surface area contributed by atoms with Gasteiger partial charge in [-0.1, -0.05) is 0 Å². The lowest BCUT2D eigenvalue weighted by Gasteiger charge is -2.12. The number of rotatable bonds is 6. The van der Waals surface area contributed by atoms with Crippen LogP contribution >= 0.6 is 0 Å². The number of amides is 1. The zero-order valence-electron chi connectivity index (χ0n) is 14.4. The normalized spacial score (nSPS) is 13.8. The quantitative estimate of drug-likeness (QED) is 0.776. The van der Waals surface area contributed by atoms with Crippen LogP contribution in [0.4, 0.5) is 14.5 Å². The Balaban J connectivity index is 1.62. The summed E-state index contributed by atoms with van der Waals surface area (Å²) in [5.41, 5.74) is 0.684. The molecule has 0 atom stereocenters. The van der Waals surface area contributed by atoms with Gasteiger partial charge in [0.05, 0.1) is 7.11 Å². The van der Waals surface area contributed by atoms with E-state index < -0.39 is 12.2 Å². The Morgan fingerprint density at radius 3 is 2.52 bits per heavy atom. The fourth-order valence-electron chi connectivity index (χ4n) is 2.37. The van der Waals surface area contributed by atoms with E-state index in [1.54, 1.807) is 6.07 Å². The summed E-state index contributed by atoms with van der Waals surface area (Å²) in [5, 5.41) is 2.50. The lowest BCUT2D eigenvalue weighted by Crippen LogP contribution is -2.25. The number of hydrogen-bond acceptors (Lipinski definition) is 6. The number of nitrogens with one attached hydrogen (secondary N) is 1. The third kappa shape index (κ3) is 4.25. The number of halogens is 2. The van der Waals surface area contributed by atoms with Crippen LogP contribution in [0, 0.1) is 0 Å². The standard InChI is InChI=1S/C18H15F2NO6/c1-10(22)11-3-5-13(15(7-11)24-2)25-9-17(23)21-12-4-6-14-16(8-12)27-18(19,20)26-14/h3-8H,9H2,1-2H3,(H,21,23). The van der Waals surface area contributed by atoms with E-state index in [-0.39, 0.29) is 35.3 Å². The highest BCUT2D eigenvalue weighted by Gasteiger charge is 2.43. The first-order valence-electron chi connectivity index (χ1n) is 7.79. The van der Waals surface area contributed by atoms with Crippen molar-refractivity contribution in [3.05, 3.63) is 42.0 Å². The van der Waals surface area contributed by atoms with E-state index in [4.69, 9.17) is 9.47 Å². The predicted octanol–water partition coefficient (Wildman–Crippen LogP) is 3.24. The summed E-state index contributed by atoms with van der Waals surface area (Å²) < 4.78 is 45.2. The molecule has 1 aliphatic rings. The first-order valence-corrected chi connectivity index (χ1v) is 7.79. The van der Waals surface area contributed by atoms with Gasteiger partial charge < -0.3 is 24.3 Å². The van der Waals surface area contributed by atoms with Crippen molar-refractivity contribution < 1.29 is 37.3 Å². The third-order valence-corrected chi connectivity index (χ3v) is 3.61. The van der Waals surface area contributed by atoms with Crippen LogP contribution in [0.1, 0.15) is 17.3 Å². The van der Waals surface area contributed by atoms with E-state index in [0.29, 0.717) is 11.3 Å². The number of Topliss-reactive ketones (excluding diaryl/α,β-unsaturated/α-hetero) is 1. The number of carbonyl (C=O) groups is 2. The molecule has 0 saturated heterocycles. The number of alkyl halides is 2. The van der Waals surface area contributed by atoms with Gasteiger partial charge in [-0.15, -0.1) is 8.78 Å². The van der Waals surface area contributed by atoms with Crippen molar-refractivity contribution in [1.29, 1.82) is 0 Å². The van der Waals surface area contributed by atoms with Gasteiger partial charge >= 0.3 is 6.29 Å². The fourth-order valence-corrected chi connectivity index (χ4v) is 2.37. The van der Waals surface area contributed by atoms with Gasteiger partial charge in [0.25, 0.3) is 5.91 Å². The minimum atomic E-state index is -3.73. The van der Waals surface area contributed by atoms with E-state index in [9.17, 15) is 18.4 Å². The highest BCUT2D eigenvalue weighted by Crippen LogP contribution is 2.42. The lowest BCUT2D eigenvalue weighted by atomic mass is 10.1. The van der Waals surface area contributed by atoms with Gasteiger partial charge in [0.1, 0.15) is 0 Å². The molecule has 0 saturated carbocycles. The number of ether oxygens (including phenoxy) is 4. The molecule has 1 aliphatic heterocycles. The number of methoxy groups -OCH3 is 1. The summed E-state index contributed by atoms with van der Waals surface area (Å²) in [6.45, 7) is 1.06. The summed E-state index contributed by atoms with van der Waals surface area (Å²) in [7, 11) is 1.41. The molecule has 0 fully saturated rings. The van der Waals surface area contributed by atoms with Crippen molar-refractivity contribution in [2.75, 3.05) is 19.0 Å². The van der Waals surface area contributed by atoms with Gasteiger partial charge in [0.15, 0.2) is 35.4 Å². The molecule has 1 heterocycles. The Morgan fingerprint density at radius 2 is 1.81 bits per heavy atom. The lowest BCUT2D eigenvalue weighted by molar-refractivity contribution is -0.286. The van der Waals surface area contributed by atoms with E-state index in [1.165, 1.54) is 44.4 Å². The van der Waals surface area contributed by atoms with Crippen LogP contribution in [0.5, 0.6) is 23.0 Å². The van der Waals surface area contributed by atoms with Crippen molar-refractivity contribution >= 4 is 17.4 Å². The maximum Gasteiger partial charge on any atom is 0.586 e. The Labute approximate surface area is 152 Å². The summed E-state index contributed by atoms with van der Waals surface area (Å²) >= 11 is 0. The molecule has 0 aliphatic carbocycles. The van der Waals surface area contributed by atoms with E-state index >= 15 is 0 Å². The second-order valence-electron chi connectivity index (χ2n) is 5.59. The molecule has 27 heavy (non-hydrogen) atoms. The van der Waals surface area contributed by atoms with Crippen LogP contribution in [0.3, 0.4) is 0 Å². The van der Waals surface area contributed by atoms with Crippen molar-refractivity contribution in [2.24, 2.45) is 0 Å². The van der Waals surface area contributed by atoms with Gasteiger partial charge in [0, 0.05) is 17.3 Å². The minimum absolute atomic E-state index is 0.121. The number of carbonyl (C=O) groups excluding carboxylic acids is 2. The Kier molecular flexibility index (Phi) is 4.85. The number of ketones is 1. The molecule has 0 radical (unpaired) electrons. The molecule has 142 valence electrons. The van der Waals surface area contributed by atoms with Crippen LogP contribution in [-0.4, -0.2) is 31.7 Å². The SMILES string of the molecule is COc1cc(C(C)=O)ccc1OCC(=O)Nc1ccc2c(c1)OC(F)(F)O2. The third-order valence-electron chi connectivity index (χ3n) is 3.61. The minimum Gasteiger partial charge on any atom is -0.493 e. The van der Waals surface area contributed by atoms with Crippen molar-refractivity contribution in [3.63, 3.8) is 0 Å². The van der Waals surface area contributed by atoms with E-state index in [2.05, 4.69) is 14.8 Å². The van der Waals surface area contributed by atoms with Crippen LogP contribution in [0.25, 0.3) is 0 Å². The molecule has 1 amide bonds. The molecule has 0 aromatic heterocycles. The largest absolute Gasteiger partial charge is 0.586 e. The van der Waals surface area contributed by atoms with Gasteiger partial charge in [-0.25, -0.2) is 0 Å². The van der Waals surface area contributed by atoms with Gasteiger partial charge in [-0.2, -0.15) is 0 Å². The number of fused-ring (bicyclic) bond motifs is 1. The molecule has 0 bridgehead atoms. The molecular formula is C18H15F2NO6. The predicted molar refractivity (Wildman–Crippen MR) is 89.8 cm³/mol. The Bertz CT molecular complexity index is 899. The second-order valence-corrected chi connectivity index (χ2v) is 5.59. The molecule has 0 spiro atoms. The van der Waals surface area contributed by atoms with Gasteiger partial charge in [-0.3, -0.25) is 9.59 Å². The van der Waals surface area contributed by atoms with Gasteiger partial charge in [0.2, 0.25) is 0 Å². The summed E-state index contributed by atoms with van der Waals surface area (Å²) in [4.78, 5) is 23.4. The van der Waals surface area contributed by atoms with Crippen molar-refractivity contribution in [3.8, 4) is 23.0 Å². The summed E-state index contributed by atoms with van der Waals surface area (Å²) in [6, 6.07) is 8.45. The zero-order chi connectivity index (χ0) is 19.6. The Morgan fingerprint density at radius 1 is 1.07 bits per heavy atom. The molecule has 1 N–H and O–H groups in total. The average Bonchev–Trinajstić information content (AvgIpc) is 2.92. The maximum atomic E-state index is 13.0. The average molecular weight is 379 g/mol. The highest BCUT2D eigenvalue weighted by molar-refractivity contribution is 5.95. The van der Waals surface area contributed by atoms with Crippen LogP contribution in [-0.2, 0) is 4.79 Å². The van der Waals surface area contributed by atoms with E-state index in [1.807, 2.05) is 0 Å². The van der Waals surface area contributed by atoms with Crippen molar-refractivity contribution in [1.82, 2.24) is 0 Å². The molecule has 2 aromatic carbocycles. The zero-order valence-corrected chi connectivity index (χ0v) is 14.4.